The van der Waals surface area contributed by atoms with Gasteiger partial charge in [0, 0.05) is 17.2 Å². The van der Waals surface area contributed by atoms with Gasteiger partial charge in [-0.3, -0.25) is 10.1 Å². The van der Waals surface area contributed by atoms with Gasteiger partial charge in [0.25, 0.3) is 5.69 Å². The molecular formula is C13H10ClN3O4. The van der Waals surface area contributed by atoms with Crippen molar-refractivity contribution in [1.29, 1.82) is 0 Å². The van der Waals surface area contributed by atoms with Gasteiger partial charge >= 0.3 is 5.97 Å². The van der Waals surface area contributed by atoms with Crippen molar-refractivity contribution < 1.29 is 14.8 Å². The third kappa shape index (κ3) is 3.21. The predicted octanol–water partition coefficient (Wildman–Crippen LogP) is 3.27. The Morgan fingerprint density at radius 2 is 1.95 bits per heavy atom. The Bertz CT molecular complexity index is 733. The van der Waals surface area contributed by atoms with Crippen LogP contribution in [0.4, 0.5) is 22.7 Å². The summed E-state index contributed by atoms with van der Waals surface area (Å²) in [7, 11) is 0. The second kappa shape index (κ2) is 5.68. The summed E-state index contributed by atoms with van der Waals surface area (Å²) in [6.07, 6.45) is 0. The van der Waals surface area contributed by atoms with Gasteiger partial charge in [0.15, 0.2) is 0 Å². The molecule has 0 aliphatic carbocycles. The summed E-state index contributed by atoms with van der Waals surface area (Å²) in [6, 6.07) is 8.10. The Hall–Kier alpha value is -2.80. The zero-order valence-corrected chi connectivity index (χ0v) is 11.3. The standard InChI is InChI=1S/C13H10ClN3O4/c14-7-1-3-9(13(18)19)12(5-7)16-11-4-2-8(17(20)21)6-10(11)15/h1-6,16H,15H2,(H,18,19). The SMILES string of the molecule is Nc1cc([N+](=O)[O-])ccc1Nc1cc(Cl)ccc1C(=O)O. The Morgan fingerprint density at radius 1 is 1.24 bits per heavy atom. The van der Waals surface area contributed by atoms with Crippen molar-refractivity contribution in [2.24, 2.45) is 0 Å². The molecule has 21 heavy (non-hydrogen) atoms. The lowest BCUT2D eigenvalue weighted by atomic mass is 10.1. The number of benzene rings is 2. The van der Waals surface area contributed by atoms with Crippen molar-refractivity contribution in [3.63, 3.8) is 0 Å². The zero-order chi connectivity index (χ0) is 15.6. The monoisotopic (exact) mass is 307 g/mol. The molecule has 0 atom stereocenters. The van der Waals surface area contributed by atoms with E-state index >= 15 is 0 Å². The fourth-order valence-electron chi connectivity index (χ4n) is 1.73. The van der Waals surface area contributed by atoms with Crippen molar-refractivity contribution in [3.05, 3.63) is 57.1 Å². The van der Waals surface area contributed by atoms with E-state index in [0.717, 1.165) is 0 Å². The molecule has 2 aromatic carbocycles. The van der Waals surface area contributed by atoms with Crippen LogP contribution in [0.2, 0.25) is 5.02 Å². The molecule has 0 aliphatic rings. The molecule has 0 radical (unpaired) electrons. The number of nitro benzene ring substituents is 1. The highest BCUT2D eigenvalue weighted by molar-refractivity contribution is 6.31. The maximum absolute atomic E-state index is 11.1. The molecule has 0 bridgehead atoms. The largest absolute Gasteiger partial charge is 0.478 e. The van der Waals surface area contributed by atoms with E-state index < -0.39 is 10.9 Å². The highest BCUT2D eigenvalue weighted by Crippen LogP contribution is 2.30. The third-order valence-electron chi connectivity index (χ3n) is 2.73. The van der Waals surface area contributed by atoms with Crippen LogP contribution in [0, 0.1) is 10.1 Å². The number of non-ortho nitro benzene ring substituents is 1. The van der Waals surface area contributed by atoms with Crippen LogP contribution in [0.5, 0.6) is 0 Å². The molecule has 2 rings (SSSR count). The summed E-state index contributed by atoms with van der Waals surface area (Å²) >= 11 is 5.84. The van der Waals surface area contributed by atoms with Gasteiger partial charge in [-0.2, -0.15) is 0 Å². The third-order valence-corrected chi connectivity index (χ3v) is 2.96. The summed E-state index contributed by atoms with van der Waals surface area (Å²) in [5.74, 6) is -1.13. The number of anilines is 3. The van der Waals surface area contributed by atoms with Crippen LogP contribution >= 0.6 is 11.6 Å². The highest BCUT2D eigenvalue weighted by Gasteiger charge is 2.13. The quantitative estimate of drug-likeness (QED) is 0.453. The molecule has 0 heterocycles. The molecule has 0 spiro atoms. The fourth-order valence-corrected chi connectivity index (χ4v) is 1.90. The lowest BCUT2D eigenvalue weighted by Crippen LogP contribution is -2.04. The molecule has 7 nitrogen and oxygen atoms in total. The number of carbonyl (C=O) groups is 1. The van der Waals surface area contributed by atoms with Crippen molar-refractivity contribution in [2.75, 3.05) is 11.1 Å². The van der Waals surface area contributed by atoms with E-state index in [4.69, 9.17) is 22.4 Å². The molecule has 0 saturated heterocycles. The second-order valence-corrected chi connectivity index (χ2v) is 4.59. The number of nitrogens with zero attached hydrogens (tertiary/aromatic N) is 1. The molecule has 0 fully saturated rings. The average molecular weight is 308 g/mol. The molecule has 0 aliphatic heterocycles. The lowest BCUT2D eigenvalue weighted by molar-refractivity contribution is -0.384. The minimum atomic E-state index is -1.13. The number of hydrogen-bond acceptors (Lipinski definition) is 5. The van der Waals surface area contributed by atoms with Crippen LogP contribution in [0.1, 0.15) is 10.4 Å². The van der Waals surface area contributed by atoms with Gasteiger partial charge < -0.3 is 16.2 Å². The van der Waals surface area contributed by atoms with E-state index in [-0.39, 0.29) is 22.6 Å². The van der Waals surface area contributed by atoms with Gasteiger partial charge in [0.1, 0.15) is 0 Å². The van der Waals surface area contributed by atoms with Crippen LogP contribution in [-0.2, 0) is 0 Å². The summed E-state index contributed by atoms with van der Waals surface area (Å²) in [6.45, 7) is 0. The van der Waals surface area contributed by atoms with E-state index in [1.165, 1.54) is 36.4 Å². The van der Waals surface area contributed by atoms with E-state index in [2.05, 4.69) is 5.32 Å². The van der Waals surface area contributed by atoms with E-state index in [0.29, 0.717) is 10.7 Å². The molecule has 0 aromatic heterocycles. The smallest absolute Gasteiger partial charge is 0.337 e. The van der Waals surface area contributed by atoms with Gasteiger partial charge in [-0.1, -0.05) is 11.6 Å². The maximum Gasteiger partial charge on any atom is 0.337 e. The van der Waals surface area contributed by atoms with E-state index in [1.54, 1.807) is 0 Å². The van der Waals surface area contributed by atoms with E-state index in [1.807, 2.05) is 0 Å². The van der Waals surface area contributed by atoms with Crippen molar-refractivity contribution in [1.82, 2.24) is 0 Å². The lowest BCUT2D eigenvalue weighted by Gasteiger charge is -2.12. The first-order chi connectivity index (χ1) is 9.88. The van der Waals surface area contributed by atoms with Crippen LogP contribution in [-0.4, -0.2) is 16.0 Å². The van der Waals surface area contributed by atoms with Gasteiger partial charge in [-0.25, -0.2) is 4.79 Å². The number of aromatic carboxylic acids is 1. The zero-order valence-electron chi connectivity index (χ0n) is 10.5. The van der Waals surface area contributed by atoms with Gasteiger partial charge in [-0.05, 0) is 24.3 Å². The Kier molecular flexibility index (Phi) is 3.95. The highest BCUT2D eigenvalue weighted by atomic mass is 35.5. The molecule has 108 valence electrons. The molecule has 0 amide bonds. The number of nitrogens with one attached hydrogen (secondary N) is 1. The number of carboxylic acids is 1. The summed E-state index contributed by atoms with van der Waals surface area (Å²) in [4.78, 5) is 21.2. The van der Waals surface area contributed by atoms with Crippen LogP contribution in [0.25, 0.3) is 0 Å². The number of nitrogens with two attached hydrogens (primary N) is 1. The maximum atomic E-state index is 11.1. The normalized spacial score (nSPS) is 10.1. The predicted molar refractivity (Wildman–Crippen MR) is 79.2 cm³/mol. The number of nitro groups is 1. The first-order valence-corrected chi connectivity index (χ1v) is 6.10. The van der Waals surface area contributed by atoms with Crippen LogP contribution in [0.15, 0.2) is 36.4 Å². The number of hydrogen-bond donors (Lipinski definition) is 3. The Balaban J connectivity index is 2.40. The molecule has 2 aromatic rings. The Labute approximate surface area is 124 Å². The molecule has 0 unspecified atom stereocenters. The van der Waals surface area contributed by atoms with Crippen LogP contribution in [0.3, 0.4) is 0 Å². The number of carboxylic acid groups (broad SMARTS) is 1. The minimum absolute atomic E-state index is 0.0113. The van der Waals surface area contributed by atoms with Crippen molar-refractivity contribution in [3.8, 4) is 0 Å². The summed E-state index contributed by atoms with van der Waals surface area (Å²) in [5, 5.41) is 22.9. The first-order valence-electron chi connectivity index (χ1n) is 5.72. The van der Waals surface area contributed by atoms with Gasteiger partial charge in [0.2, 0.25) is 0 Å². The minimum Gasteiger partial charge on any atom is -0.478 e. The van der Waals surface area contributed by atoms with Crippen molar-refractivity contribution >= 4 is 40.3 Å². The summed E-state index contributed by atoms with van der Waals surface area (Å²) < 4.78 is 0. The van der Waals surface area contributed by atoms with Crippen molar-refractivity contribution in [2.45, 2.75) is 0 Å². The van der Waals surface area contributed by atoms with Crippen LogP contribution < -0.4 is 11.1 Å². The molecular weight excluding hydrogens is 298 g/mol. The molecule has 8 heteroatoms. The first kappa shape index (κ1) is 14.6. The topological polar surface area (TPSA) is 118 Å². The number of nitrogen functional groups attached to an aromatic ring is 1. The fraction of sp³-hybridized carbons (Fsp3) is 0. The average Bonchev–Trinajstić information content (AvgIpc) is 2.40. The van der Waals surface area contributed by atoms with Gasteiger partial charge in [-0.15, -0.1) is 0 Å². The summed E-state index contributed by atoms with van der Waals surface area (Å²) in [5.41, 5.74) is 6.31. The Morgan fingerprint density at radius 3 is 2.52 bits per heavy atom. The molecule has 0 saturated carbocycles. The number of rotatable bonds is 4. The van der Waals surface area contributed by atoms with Gasteiger partial charge in [0.05, 0.1) is 27.5 Å². The molecule has 4 N–H and O–H groups in total. The van der Waals surface area contributed by atoms with E-state index in [9.17, 15) is 14.9 Å². The second-order valence-electron chi connectivity index (χ2n) is 4.15. The number of halogens is 1.